The van der Waals surface area contributed by atoms with Gasteiger partial charge in [0.2, 0.25) is 0 Å². The quantitative estimate of drug-likeness (QED) is 0.810. The summed E-state index contributed by atoms with van der Waals surface area (Å²) in [6.45, 7) is 2.01. The molecule has 2 aromatic rings. The summed E-state index contributed by atoms with van der Waals surface area (Å²) in [5.74, 6) is 0.214. The van der Waals surface area contributed by atoms with Gasteiger partial charge in [-0.05, 0) is 42.3 Å². The van der Waals surface area contributed by atoms with Crippen LogP contribution in [0.3, 0.4) is 0 Å². The minimum atomic E-state index is -3.30. The second-order valence-electron chi connectivity index (χ2n) is 6.11. The first-order valence-corrected chi connectivity index (χ1v) is 10.1. The maximum atomic E-state index is 13.3. The van der Waals surface area contributed by atoms with Crippen LogP contribution >= 0.6 is 0 Å². The average molecular weight is 371 g/mol. The van der Waals surface area contributed by atoms with Crippen LogP contribution in [0.25, 0.3) is 0 Å². The fourth-order valence-electron chi connectivity index (χ4n) is 3.10. The van der Waals surface area contributed by atoms with Gasteiger partial charge >= 0.3 is 0 Å². The molecular weight excluding hydrogens is 350 g/mol. The minimum absolute atomic E-state index is 0.110. The van der Waals surface area contributed by atoms with E-state index in [1.807, 2.05) is 31.2 Å². The number of amides is 1. The summed E-state index contributed by atoms with van der Waals surface area (Å²) < 4.78 is 29.1. The number of aryl methyl sites for hydroxylation is 1. The van der Waals surface area contributed by atoms with E-state index < -0.39 is 15.9 Å². The molecule has 1 aliphatic rings. The molecule has 0 spiro atoms. The second-order valence-corrected chi connectivity index (χ2v) is 8.05. The fraction of sp³-hybridized carbons (Fsp3) is 0.250. The van der Waals surface area contributed by atoms with E-state index in [0.29, 0.717) is 11.3 Å². The van der Waals surface area contributed by atoms with Gasteiger partial charge in [-0.3, -0.25) is 4.79 Å². The lowest BCUT2D eigenvalue weighted by molar-refractivity contribution is 0.0982. The fourth-order valence-corrected chi connectivity index (χ4v) is 4.37. The van der Waals surface area contributed by atoms with Crippen molar-refractivity contribution in [2.24, 2.45) is 0 Å². The Kier molecular flexibility index (Phi) is 5.13. The van der Waals surface area contributed by atoms with Crippen molar-refractivity contribution in [1.29, 1.82) is 0 Å². The van der Waals surface area contributed by atoms with Gasteiger partial charge in [-0.15, -0.1) is 0 Å². The van der Waals surface area contributed by atoms with Gasteiger partial charge in [0.1, 0.15) is 5.75 Å². The van der Waals surface area contributed by atoms with Crippen molar-refractivity contribution in [2.45, 2.75) is 19.4 Å². The highest BCUT2D eigenvalue weighted by Crippen LogP contribution is 2.29. The molecule has 1 amide bonds. The molecule has 0 saturated heterocycles. The molecule has 0 aliphatic carbocycles. The van der Waals surface area contributed by atoms with Crippen molar-refractivity contribution in [3.63, 3.8) is 0 Å². The van der Waals surface area contributed by atoms with E-state index in [4.69, 9.17) is 4.74 Å². The lowest BCUT2D eigenvalue weighted by atomic mass is 10.1. The summed E-state index contributed by atoms with van der Waals surface area (Å²) in [4.78, 5) is 14.9. The van der Waals surface area contributed by atoms with Gasteiger partial charge < -0.3 is 9.64 Å². The van der Waals surface area contributed by atoms with Crippen LogP contribution in [0.2, 0.25) is 0 Å². The number of rotatable bonds is 5. The second kappa shape index (κ2) is 7.33. The first-order chi connectivity index (χ1) is 12.4. The Labute approximate surface area is 153 Å². The molecule has 5 nitrogen and oxygen atoms in total. The van der Waals surface area contributed by atoms with Gasteiger partial charge in [-0.25, -0.2) is 8.42 Å². The Morgan fingerprint density at radius 2 is 1.96 bits per heavy atom. The third-order valence-corrected chi connectivity index (χ3v) is 5.79. The molecule has 1 aliphatic heterocycles. The van der Waals surface area contributed by atoms with Crippen LogP contribution < -0.4 is 9.64 Å². The molecule has 0 aromatic heterocycles. The molecule has 2 aromatic carbocycles. The number of anilines is 1. The predicted octanol–water partition coefficient (Wildman–Crippen LogP) is 3.22. The van der Waals surface area contributed by atoms with E-state index in [2.05, 4.69) is 0 Å². The monoisotopic (exact) mass is 371 g/mol. The first-order valence-electron chi connectivity index (χ1n) is 8.41. The standard InChI is InChI=1S/C20H21NO4S/c1-3-15-7-4-5-10-19(15)21(17-11-12-26(23,24)14-17)20(22)16-8-6-9-18(13-16)25-2/h4-13,17H,3,14H2,1-2H3/t17-/m1/s1. The number of carbonyl (C=O) groups is 1. The molecule has 26 heavy (non-hydrogen) atoms. The highest BCUT2D eigenvalue weighted by atomic mass is 32.2. The molecule has 1 atom stereocenters. The van der Waals surface area contributed by atoms with Crippen LogP contribution in [0.5, 0.6) is 5.75 Å². The van der Waals surface area contributed by atoms with Crippen molar-refractivity contribution in [2.75, 3.05) is 17.8 Å². The lowest BCUT2D eigenvalue weighted by Gasteiger charge is -2.29. The molecule has 6 heteroatoms. The van der Waals surface area contributed by atoms with Gasteiger partial charge in [-0.1, -0.05) is 31.2 Å². The zero-order valence-corrected chi connectivity index (χ0v) is 15.6. The highest BCUT2D eigenvalue weighted by molar-refractivity contribution is 7.94. The molecular formula is C20H21NO4S. The Morgan fingerprint density at radius 1 is 1.19 bits per heavy atom. The minimum Gasteiger partial charge on any atom is -0.497 e. The number of sulfone groups is 1. The van der Waals surface area contributed by atoms with Crippen LogP contribution in [0.4, 0.5) is 5.69 Å². The molecule has 0 fully saturated rings. The maximum absolute atomic E-state index is 13.3. The van der Waals surface area contributed by atoms with E-state index in [0.717, 1.165) is 17.7 Å². The predicted molar refractivity (Wildman–Crippen MR) is 102 cm³/mol. The van der Waals surface area contributed by atoms with Crippen LogP contribution in [-0.4, -0.2) is 33.2 Å². The number of carbonyl (C=O) groups excluding carboxylic acids is 1. The van der Waals surface area contributed by atoms with Gasteiger partial charge in [0, 0.05) is 16.7 Å². The Hall–Kier alpha value is -2.60. The summed E-state index contributed by atoms with van der Waals surface area (Å²) >= 11 is 0. The van der Waals surface area contributed by atoms with Crippen LogP contribution in [0.15, 0.2) is 60.0 Å². The average Bonchev–Trinajstić information content (AvgIpc) is 3.01. The number of nitrogens with zero attached hydrogens (tertiary/aromatic N) is 1. The summed E-state index contributed by atoms with van der Waals surface area (Å²) in [6, 6.07) is 13.9. The topological polar surface area (TPSA) is 63.7 Å². The molecule has 0 bridgehead atoms. The van der Waals surface area contributed by atoms with Gasteiger partial charge in [-0.2, -0.15) is 0 Å². The van der Waals surface area contributed by atoms with Gasteiger partial charge in [0.05, 0.1) is 18.9 Å². The number of benzene rings is 2. The van der Waals surface area contributed by atoms with E-state index in [1.165, 1.54) is 5.41 Å². The number of hydrogen-bond acceptors (Lipinski definition) is 4. The van der Waals surface area contributed by atoms with Crippen molar-refractivity contribution < 1.29 is 17.9 Å². The molecule has 1 heterocycles. The Morgan fingerprint density at radius 3 is 2.62 bits per heavy atom. The van der Waals surface area contributed by atoms with Crippen molar-refractivity contribution >= 4 is 21.4 Å². The Balaban J connectivity index is 2.08. The Bertz CT molecular complexity index is 950. The number of methoxy groups -OCH3 is 1. The summed E-state index contributed by atoms with van der Waals surface area (Å²) in [7, 11) is -1.75. The SMILES string of the molecule is CCc1ccccc1N(C(=O)c1cccc(OC)c1)[C@@H]1C=CS(=O)(=O)C1. The number of hydrogen-bond donors (Lipinski definition) is 0. The third kappa shape index (κ3) is 3.65. The van der Waals surface area contributed by atoms with Crippen LogP contribution in [0.1, 0.15) is 22.8 Å². The largest absolute Gasteiger partial charge is 0.497 e. The molecule has 0 unspecified atom stereocenters. The number of ether oxygens (including phenoxy) is 1. The van der Waals surface area contributed by atoms with E-state index >= 15 is 0 Å². The van der Waals surface area contributed by atoms with Crippen molar-refractivity contribution in [3.05, 3.63) is 71.1 Å². The molecule has 0 saturated carbocycles. The van der Waals surface area contributed by atoms with Crippen molar-refractivity contribution in [3.8, 4) is 5.75 Å². The molecule has 0 N–H and O–H groups in total. The van der Waals surface area contributed by atoms with E-state index in [-0.39, 0.29) is 11.7 Å². The molecule has 3 rings (SSSR count). The first kappa shape index (κ1) is 18.2. The number of para-hydroxylation sites is 1. The zero-order chi connectivity index (χ0) is 18.7. The summed E-state index contributed by atoms with van der Waals surface area (Å²) in [5, 5.41) is 1.19. The lowest BCUT2D eigenvalue weighted by Crippen LogP contribution is -2.41. The van der Waals surface area contributed by atoms with E-state index in [1.54, 1.807) is 42.4 Å². The van der Waals surface area contributed by atoms with E-state index in [9.17, 15) is 13.2 Å². The summed E-state index contributed by atoms with van der Waals surface area (Å²) in [6.07, 6.45) is 2.32. The summed E-state index contributed by atoms with van der Waals surface area (Å²) in [5.41, 5.74) is 2.17. The van der Waals surface area contributed by atoms with Crippen LogP contribution in [0, 0.1) is 0 Å². The highest BCUT2D eigenvalue weighted by Gasteiger charge is 2.33. The zero-order valence-electron chi connectivity index (χ0n) is 14.8. The van der Waals surface area contributed by atoms with Crippen molar-refractivity contribution in [1.82, 2.24) is 0 Å². The molecule has 0 radical (unpaired) electrons. The van der Waals surface area contributed by atoms with Gasteiger partial charge in [0.15, 0.2) is 9.84 Å². The van der Waals surface area contributed by atoms with Crippen LogP contribution in [-0.2, 0) is 16.3 Å². The maximum Gasteiger partial charge on any atom is 0.259 e. The van der Waals surface area contributed by atoms with Gasteiger partial charge in [0.25, 0.3) is 5.91 Å². The smallest absolute Gasteiger partial charge is 0.259 e. The third-order valence-electron chi connectivity index (χ3n) is 4.41. The normalized spacial score (nSPS) is 17.8. The molecule has 136 valence electrons.